The first-order valence-corrected chi connectivity index (χ1v) is 9.22. The van der Waals surface area contributed by atoms with Crippen LogP contribution in [0.15, 0.2) is 36.4 Å². The third-order valence-electron chi connectivity index (χ3n) is 3.79. The second-order valence-corrected chi connectivity index (χ2v) is 7.07. The van der Waals surface area contributed by atoms with Crippen molar-refractivity contribution in [1.82, 2.24) is 9.88 Å². The molecule has 27 heavy (non-hydrogen) atoms. The van der Waals surface area contributed by atoms with Crippen molar-refractivity contribution in [2.24, 2.45) is 0 Å². The summed E-state index contributed by atoms with van der Waals surface area (Å²) in [5.74, 6) is -0.754. The lowest BCUT2D eigenvalue weighted by atomic mass is 10.2. The smallest absolute Gasteiger partial charge is 0.240 e. The molecule has 1 N–H and O–H groups in total. The van der Waals surface area contributed by atoms with Crippen molar-refractivity contribution in [3.8, 4) is 5.75 Å². The van der Waals surface area contributed by atoms with Gasteiger partial charge in [0.1, 0.15) is 17.4 Å². The molecule has 2 aromatic carbocycles. The first-order valence-electron chi connectivity index (χ1n) is 8.40. The minimum Gasteiger partial charge on any atom is -0.494 e. The molecule has 0 bridgehead atoms. The number of hydrogen-bond donors (Lipinski definition) is 1. The molecule has 5 nitrogen and oxygen atoms in total. The Morgan fingerprint density at radius 1 is 1.26 bits per heavy atom. The number of aromatic nitrogens is 1. The molecular formula is C19H19F2N3O2S. The molecule has 0 aliphatic rings. The van der Waals surface area contributed by atoms with Crippen molar-refractivity contribution in [2.75, 3.05) is 25.5 Å². The summed E-state index contributed by atoms with van der Waals surface area (Å²) in [7, 11) is 1.69. The molecule has 0 atom stereocenters. The number of nitrogens with one attached hydrogen (secondary N) is 1. The van der Waals surface area contributed by atoms with Crippen molar-refractivity contribution in [3.05, 3.63) is 53.6 Å². The molecule has 1 amide bonds. The highest BCUT2D eigenvalue weighted by molar-refractivity contribution is 7.22. The first-order chi connectivity index (χ1) is 12.9. The number of anilines is 1. The summed E-state index contributed by atoms with van der Waals surface area (Å²) in [6.07, 6.45) is 0. The van der Waals surface area contributed by atoms with Crippen molar-refractivity contribution < 1.29 is 18.3 Å². The summed E-state index contributed by atoms with van der Waals surface area (Å²) < 4.78 is 33.1. The van der Waals surface area contributed by atoms with E-state index in [2.05, 4.69) is 10.3 Å². The van der Waals surface area contributed by atoms with Crippen LogP contribution in [0.4, 0.5) is 13.9 Å². The molecule has 0 aliphatic carbocycles. The van der Waals surface area contributed by atoms with Crippen LogP contribution in [0.1, 0.15) is 12.5 Å². The fraction of sp³-hybridized carbons (Fsp3) is 0.263. The number of likely N-dealkylation sites (N-methyl/N-ethyl adjacent to an activating group) is 1. The van der Waals surface area contributed by atoms with Gasteiger partial charge in [-0.05, 0) is 38.2 Å². The zero-order valence-electron chi connectivity index (χ0n) is 15.0. The molecule has 142 valence electrons. The van der Waals surface area contributed by atoms with E-state index in [-0.39, 0.29) is 19.0 Å². The second-order valence-electron chi connectivity index (χ2n) is 6.04. The number of fused-ring (bicyclic) bond motifs is 1. The highest BCUT2D eigenvalue weighted by atomic mass is 32.1. The zero-order chi connectivity index (χ0) is 19.4. The van der Waals surface area contributed by atoms with Crippen LogP contribution in [0, 0.1) is 11.6 Å². The maximum atomic E-state index is 13.7. The molecule has 1 heterocycles. The van der Waals surface area contributed by atoms with Crippen LogP contribution in [0.2, 0.25) is 0 Å². The monoisotopic (exact) mass is 391 g/mol. The van der Waals surface area contributed by atoms with Gasteiger partial charge < -0.3 is 10.1 Å². The molecule has 3 rings (SSSR count). The van der Waals surface area contributed by atoms with E-state index >= 15 is 0 Å². The van der Waals surface area contributed by atoms with E-state index in [9.17, 15) is 13.6 Å². The summed E-state index contributed by atoms with van der Waals surface area (Å²) >= 11 is 1.36. The fourth-order valence-electron chi connectivity index (χ4n) is 2.62. The molecular weight excluding hydrogens is 372 g/mol. The minimum absolute atomic E-state index is 0.0525. The number of rotatable bonds is 7. The Morgan fingerprint density at radius 2 is 2.07 bits per heavy atom. The van der Waals surface area contributed by atoms with Crippen LogP contribution in [0.3, 0.4) is 0 Å². The van der Waals surface area contributed by atoms with E-state index in [1.54, 1.807) is 11.9 Å². The van der Waals surface area contributed by atoms with Crippen molar-refractivity contribution >= 4 is 32.6 Å². The van der Waals surface area contributed by atoms with Crippen LogP contribution < -0.4 is 10.1 Å². The number of carbonyl (C=O) groups excluding carboxylic acids is 1. The average molecular weight is 391 g/mol. The van der Waals surface area contributed by atoms with Crippen LogP contribution in [0.5, 0.6) is 5.75 Å². The molecule has 0 fully saturated rings. The predicted octanol–water partition coefficient (Wildman–Crippen LogP) is 4.04. The topological polar surface area (TPSA) is 54.5 Å². The Hall–Kier alpha value is -2.58. The zero-order valence-corrected chi connectivity index (χ0v) is 15.8. The molecule has 3 aromatic rings. The Labute approximate surface area is 159 Å². The van der Waals surface area contributed by atoms with E-state index < -0.39 is 11.6 Å². The van der Waals surface area contributed by atoms with Crippen molar-refractivity contribution in [2.45, 2.75) is 13.5 Å². The molecule has 0 aliphatic heterocycles. The van der Waals surface area contributed by atoms with E-state index in [0.717, 1.165) is 22.0 Å². The molecule has 0 unspecified atom stereocenters. The maximum absolute atomic E-state index is 13.7. The van der Waals surface area contributed by atoms with Crippen LogP contribution in [-0.2, 0) is 11.3 Å². The number of thiazole rings is 1. The van der Waals surface area contributed by atoms with E-state index in [1.807, 2.05) is 25.1 Å². The minimum atomic E-state index is -0.626. The Balaban J connectivity index is 1.60. The van der Waals surface area contributed by atoms with Gasteiger partial charge in [-0.25, -0.2) is 13.8 Å². The highest BCUT2D eigenvalue weighted by Gasteiger charge is 2.13. The Bertz CT molecular complexity index is 961. The number of carbonyl (C=O) groups is 1. The van der Waals surface area contributed by atoms with E-state index in [4.69, 9.17) is 4.74 Å². The molecule has 0 radical (unpaired) electrons. The lowest BCUT2D eigenvalue weighted by molar-refractivity contribution is -0.117. The molecule has 0 saturated carbocycles. The first kappa shape index (κ1) is 19.2. The number of hydrogen-bond acceptors (Lipinski definition) is 5. The van der Waals surface area contributed by atoms with Gasteiger partial charge in [-0.3, -0.25) is 9.69 Å². The summed E-state index contributed by atoms with van der Waals surface area (Å²) in [6, 6.07) is 8.97. The SMILES string of the molecule is CCOc1ccc2nc(NC(=O)CN(C)Cc3ccc(F)cc3F)sc2c1. The standard InChI is InChI=1S/C19H19F2N3O2S/c1-3-26-14-6-7-16-17(9-14)27-19(22-16)23-18(25)11-24(2)10-12-4-5-13(20)8-15(12)21/h4-9H,3,10-11H2,1-2H3,(H,22,23,25). The third-order valence-corrected chi connectivity index (χ3v) is 4.72. The normalized spacial score (nSPS) is 11.1. The molecule has 0 spiro atoms. The number of amides is 1. The Morgan fingerprint density at radius 3 is 2.81 bits per heavy atom. The van der Waals surface area contributed by atoms with E-state index in [0.29, 0.717) is 17.3 Å². The summed E-state index contributed by atoms with van der Waals surface area (Å²) in [4.78, 5) is 18.3. The van der Waals surface area contributed by atoms with Gasteiger partial charge in [0.25, 0.3) is 0 Å². The van der Waals surface area contributed by atoms with Gasteiger partial charge in [0.2, 0.25) is 5.91 Å². The van der Waals surface area contributed by atoms with Gasteiger partial charge in [0, 0.05) is 18.2 Å². The summed E-state index contributed by atoms with van der Waals surface area (Å²) in [5, 5.41) is 3.25. The van der Waals surface area contributed by atoms with Crippen LogP contribution in [-0.4, -0.2) is 36.0 Å². The quantitative estimate of drug-likeness (QED) is 0.660. The largest absolute Gasteiger partial charge is 0.494 e. The Kier molecular flexibility index (Phi) is 5.98. The van der Waals surface area contributed by atoms with Gasteiger partial charge >= 0.3 is 0 Å². The number of nitrogens with zero attached hydrogens (tertiary/aromatic N) is 2. The average Bonchev–Trinajstić information content (AvgIpc) is 2.99. The van der Waals surface area contributed by atoms with Crippen molar-refractivity contribution in [3.63, 3.8) is 0 Å². The van der Waals surface area contributed by atoms with Gasteiger partial charge in [-0.2, -0.15) is 0 Å². The highest BCUT2D eigenvalue weighted by Crippen LogP contribution is 2.29. The third kappa shape index (κ3) is 4.99. The molecule has 0 saturated heterocycles. The van der Waals surface area contributed by atoms with Crippen LogP contribution in [0.25, 0.3) is 10.2 Å². The molecule has 8 heteroatoms. The number of ether oxygens (including phenoxy) is 1. The van der Waals surface area contributed by atoms with Gasteiger partial charge in [0.15, 0.2) is 5.13 Å². The number of halogens is 2. The summed E-state index contributed by atoms with van der Waals surface area (Å²) in [5.41, 5.74) is 1.11. The van der Waals surface area contributed by atoms with Gasteiger partial charge in [0.05, 0.1) is 23.4 Å². The molecule has 1 aromatic heterocycles. The number of benzene rings is 2. The van der Waals surface area contributed by atoms with Gasteiger partial charge in [-0.1, -0.05) is 17.4 Å². The fourth-order valence-corrected chi connectivity index (χ4v) is 3.53. The van der Waals surface area contributed by atoms with Crippen LogP contribution >= 0.6 is 11.3 Å². The van der Waals surface area contributed by atoms with Gasteiger partial charge in [-0.15, -0.1) is 0 Å². The van der Waals surface area contributed by atoms with Crippen molar-refractivity contribution in [1.29, 1.82) is 0 Å². The maximum Gasteiger partial charge on any atom is 0.240 e. The predicted molar refractivity (Wildman–Crippen MR) is 102 cm³/mol. The summed E-state index contributed by atoms with van der Waals surface area (Å²) in [6.45, 7) is 2.74. The lowest BCUT2D eigenvalue weighted by Gasteiger charge is -2.16. The lowest BCUT2D eigenvalue weighted by Crippen LogP contribution is -2.30. The van der Waals surface area contributed by atoms with E-state index in [1.165, 1.54) is 23.5 Å². The second kappa shape index (κ2) is 8.41.